The molecule has 0 radical (unpaired) electrons. The van der Waals surface area contributed by atoms with E-state index in [2.05, 4.69) is 10.3 Å². The van der Waals surface area contributed by atoms with Crippen LogP contribution in [-0.2, 0) is 13.1 Å². The molecule has 2 N–H and O–H groups in total. The molecule has 0 atom stereocenters. The van der Waals surface area contributed by atoms with Gasteiger partial charge < -0.3 is 15.1 Å². The molecule has 2 rings (SSSR count). The second-order valence-electron chi connectivity index (χ2n) is 4.37. The molecule has 0 aliphatic rings. The molecule has 21 heavy (non-hydrogen) atoms. The molecular weight excluding hydrogens is 272 g/mol. The zero-order valence-corrected chi connectivity index (χ0v) is 11.5. The standard InChI is InChI=1S/C13H16N6O2/c14-4-2-6-18(9-11-3-1-8-21-11)13(20)12-10-19(7-5-15)17-16-12/h1,3,8,10H,2,5-7,9,15H2. The number of hydrogen-bond donors (Lipinski definition) is 1. The van der Waals surface area contributed by atoms with Crippen molar-refractivity contribution in [2.45, 2.75) is 19.5 Å². The lowest BCUT2D eigenvalue weighted by atomic mass is 10.3. The van der Waals surface area contributed by atoms with E-state index in [4.69, 9.17) is 15.4 Å². The van der Waals surface area contributed by atoms with E-state index in [0.717, 1.165) is 0 Å². The Morgan fingerprint density at radius 1 is 1.57 bits per heavy atom. The van der Waals surface area contributed by atoms with Crippen molar-refractivity contribution in [1.82, 2.24) is 19.9 Å². The fourth-order valence-electron chi connectivity index (χ4n) is 1.83. The molecule has 110 valence electrons. The lowest BCUT2D eigenvalue weighted by Gasteiger charge is -2.18. The van der Waals surface area contributed by atoms with Crippen LogP contribution in [-0.4, -0.2) is 38.9 Å². The highest BCUT2D eigenvalue weighted by molar-refractivity contribution is 5.91. The van der Waals surface area contributed by atoms with Crippen LogP contribution >= 0.6 is 0 Å². The number of carbonyl (C=O) groups is 1. The number of aromatic nitrogens is 3. The van der Waals surface area contributed by atoms with Crippen molar-refractivity contribution in [2.75, 3.05) is 13.1 Å². The van der Waals surface area contributed by atoms with E-state index in [1.54, 1.807) is 24.6 Å². The van der Waals surface area contributed by atoms with Gasteiger partial charge in [-0.1, -0.05) is 5.21 Å². The summed E-state index contributed by atoms with van der Waals surface area (Å²) in [6, 6.07) is 5.55. The molecule has 2 aromatic rings. The first-order valence-electron chi connectivity index (χ1n) is 6.53. The van der Waals surface area contributed by atoms with Crippen LogP contribution in [0.1, 0.15) is 22.7 Å². The summed E-state index contributed by atoms with van der Waals surface area (Å²) in [6.07, 6.45) is 3.33. The molecule has 0 fully saturated rings. The minimum Gasteiger partial charge on any atom is -0.467 e. The monoisotopic (exact) mass is 288 g/mol. The van der Waals surface area contributed by atoms with Gasteiger partial charge in [0, 0.05) is 13.1 Å². The average molecular weight is 288 g/mol. The van der Waals surface area contributed by atoms with E-state index in [1.807, 2.05) is 6.07 Å². The number of rotatable bonds is 7. The zero-order chi connectivity index (χ0) is 15.1. The molecule has 0 unspecified atom stereocenters. The third kappa shape index (κ3) is 3.90. The van der Waals surface area contributed by atoms with Crippen molar-refractivity contribution in [3.8, 4) is 6.07 Å². The Morgan fingerprint density at radius 3 is 3.10 bits per heavy atom. The third-order valence-corrected chi connectivity index (χ3v) is 2.82. The van der Waals surface area contributed by atoms with E-state index in [0.29, 0.717) is 25.4 Å². The summed E-state index contributed by atoms with van der Waals surface area (Å²) >= 11 is 0. The number of furan rings is 1. The van der Waals surface area contributed by atoms with Crippen LogP contribution in [0.3, 0.4) is 0 Å². The highest BCUT2D eigenvalue weighted by Crippen LogP contribution is 2.09. The maximum Gasteiger partial charge on any atom is 0.276 e. The molecule has 0 bridgehead atoms. The number of nitrogens with two attached hydrogens (primary N) is 1. The van der Waals surface area contributed by atoms with Gasteiger partial charge in [-0.3, -0.25) is 9.48 Å². The summed E-state index contributed by atoms with van der Waals surface area (Å²) < 4.78 is 6.76. The van der Waals surface area contributed by atoms with Crippen LogP contribution in [0.15, 0.2) is 29.0 Å². The lowest BCUT2D eigenvalue weighted by Crippen LogP contribution is -2.31. The first-order valence-corrected chi connectivity index (χ1v) is 6.53. The predicted octanol–water partition coefficient (Wildman–Crippen LogP) is 0.386. The largest absolute Gasteiger partial charge is 0.467 e. The Kier molecular flexibility index (Phi) is 5.06. The summed E-state index contributed by atoms with van der Waals surface area (Å²) in [5.41, 5.74) is 5.66. The van der Waals surface area contributed by atoms with Crippen LogP contribution in [0.4, 0.5) is 0 Å². The Labute approximate surface area is 121 Å². The Bertz CT molecular complexity index is 613. The summed E-state index contributed by atoms with van der Waals surface area (Å²) in [6.45, 7) is 1.51. The Balaban J connectivity index is 2.10. The molecule has 8 heteroatoms. The highest BCUT2D eigenvalue weighted by Gasteiger charge is 2.20. The van der Waals surface area contributed by atoms with Gasteiger partial charge in [-0.2, -0.15) is 5.26 Å². The number of amides is 1. The van der Waals surface area contributed by atoms with Crippen LogP contribution in [0.5, 0.6) is 0 Å². The van der Waals surface area contributed by atoms with Gasteiger partial charge in [0.15, 0.2) is 5.69 Å². The third-order valence-electron chi connectivity index (χ3n) is 2.82. The molecule has 8 nitrogen and oxygen atoms in total. The first kappa shape index (κ1) is 14.7. The SMILES string of the molecule is N#CCCN(Cc1ccco1)C(=O)c1cn(CCN)nn1. The number of hydrogen-bond acceptors (Lipinski definition) is 6. The minimum atomic E-state index is -0.287. The van der Waals surface area contributed by atoms with Crippen molar-refractivity contribution in [3.63, 3.8) is 0 Å². The first-order chi connectivity index (χ1) is 10.2. The van der Waals surface area contributed by atoms with Gasteiger partial charge in [0.1, 0.15) is 5.76 Å². The second-order valence-corrected chi connectivity index (χ2v) is 4.37. The average Bonchev–Trinajstić information content (AvgIpc) is 3.14. The molecular formula is C13H16N6O2. The number of nitriles is 1. The van der Waals surface area contributed by atoms with Crippen molar-refractivity contribution >= 4 is 5.91 Å². The van der Waals surface area contributed by atoms with E-state index in [-0.39, 0.29) is 24.6 Å². The van der Waals surface area contributed by atoms with Gasteiger partial charge in [-0.25, -0.2) is 0 Å². The van der Waals surface area contributed by atoms with Crippen molar-refractivity contribution in [3.05, 3.63) is 36.0 Å². The summed E-state index contributed by atoms with van der Waals surface area (Å²) in [7, 11) is 0. The van der Waals surface area contributed by atoms with Gasteiger partial charge in [-0.15, -0.1) is 5.10 Å². The summed E-state index contributed by atoms with van der Waals surface area (Å²) in [4.78, 5) is 13.9. The summed E-state index contributed by atoms with van der Waals surface area (Å²) in [5, 5.41) is 16.4. The van der Waals surface area contributed by atoms with Gasteiger partial charge in [0.25, 0.3) is 5.91 Å². The molecule has 1 amide bonds. The maximum atomic E-state index is 12.4. The number of carbonyl (C=O) groups excluding carboxylic acids is 1. The molecule has 0 saturated carbocycles. The molecule has 2 heterocycles. The fraction of sp³-hybridized carbons (Fsp3) is 0.385. The van der Waals surface area contributed by atoms with Crippen molar-refractivity contribution in [1.29, 1.82) is 5.26 Å². The van der Waals surface area contributed by atoms with Gasteiger partial charge in [0.2, 0.25) is 0 Å². The summed E-state index contributed by atoms with van der Waals surface area (Å²) in [5.74, 6) is 0.362. The van der Waals surface area contributed by atoms with Crippen LogP contribution in [0, 0.1) is 11.3 Å². The van der Waals surface area contributed by atoms with E-state index in [9.17, 15) is 4.79 Å². The Hall–Kier alpha value is -2.66. The Morgan fingerprint density at radius 2 is 2.43 bits per heavy atom. The fourth-order valence-corrected chi connectivity index (χ4v) is 1.83. The second kappa shape index (κ2) is 7.21. The van der Waals surface area contributed by atoms with Crippen LogP contribution in [0.2, 0.25) is 0 Å². The van der Waals surface area contributed by atoms with E-state index in [1.165, 1.54) is 9.58 Å². The number of nitrogens with zero attached hydrogens (tertiary/aromatic N) is 5. The van der Waals surface area contributed by atoms with Crippen molar-refractivity contribution < 1.29 is 9.21 Å². The van der Waals surface area contributed by atoms with Crippen LogP contribution < -0.4 is 5.73 Å². The lowest BCUT2D eigenvalue weighted by molar-refractivity contribution is 0.0729. The molecule has 0 spiro atoms. The molecule has 0 saturated heterocycles. The van der Waals surface area contributed by atoms with E-state index < -0.39 is 0 Å². The topological polar surface area (TPSA) is 114 Å². The quantitative estimate of drug-likeness (QED) is 0.788. The zero-order valence-electron chi connectivity index (χ0n) is 11.5. The smallest absolute Gasteiger partial charge is 0.276 e. The molecule has 0 aliphatic carbocycles. The minimum absolute atomic E-state index is 0.230. The van der Waals surface area contributed by atoms with Crippen LogP contribution in [0.25, 0.3) is 0 Å². The van der Waals surface area contributed by atoms with Gasteiger partial charge in [-0.05, 0) is 12.1 Å². The highest BCUT2D eigenvalue weighted by atomic mass is 16.3. The van der Waals surface area contributed by atoms with Crippen molar-refractivity contribution in [2.24, 2.45) is 5.73 Å². The van der Waals surface area contributed by atoms with Gasteiger partial charge >= 0.3 is 0 Å². The normalized spacial score (nSPS) is 10.3. The maximum absolute atomic E-state index is 12.4. The van der Waals surface area contributed by atoms with E-state index >= 15 is 0 Å². The molecule has 2 aromatic heterocycles. The molecule has 0 aliphatic heterocycles. The predicted molar refractivity (Wildman–Crippen MR) is 72.8 cm³/mol. The van der Waals surface area contributed by atoms with Gasteiger partial charge in [0.05, 0.1) is 38.0 Å². The molecule has 0 aromatic carbocycles.